The number of carbonyl (C=O) groups excluding carboxylic acids is 3. The van der Waals surface area contributed by atoms with Gasteiger partial charge in [-0.1, -0.05) is 17.7 Å². The summed E-state index contributed by atoms with van der Waals surface area (Å²) in [4.78, 5) is 54.1. The van der Waals surface area contributed by atoms with Gasteiger partial charge in [0, 0.05) is 24.4 Å². The molecular formula is C22H17ClN6O5. The zero-order chi connectivity index (χ0) is 24.3. The Morgan fingerprint density at radius 3 is 2.76 bits per heavy atom. The van der Waals surface area contributed by atoms with E-state index >= 15 is 0 Å². The van der Waals surface area contributed by atoms with Gasteiger partial charge in [0.2, 0.25) is 0 Å². The van der Waals surface area contributed by atoms with Gasteiger partial charge in [0.25, 0.3) is 11.6 Å². The van der Waals surface area contributed by atoms with Crippen LogP contribution in [-0.4, -0.2) is 57.4 Å². The third-order valence-electron chi connectivity index (χ3n) is 6.55. The fourth-order valence-corrected chi connectivity index (χ4v) is 5.21. The number of likely N-dealkylation sites (tertiary alicyclic amines) is 1. The van der Waals surface area contributed by atoms with Crippen molar-refractivity contribution in [1.82, 2.24) is 9.80 Å². The molecule has 0 saturated carbocycles. The van der Waals surface area contributed by atoms with Crippen molar-refractivity contribution in [3.05, 3.63) is 62.7 Å². The topological polar surface area (TPSA) is 140 Å². The van der Waals surface area contributed by atoms with Crippen molar-refractivity contribution in [2.45, 2.75) is 31.5 Å². The maximum Gasteiger partial charge on any atom is 0.332 e. The fourth-order valence-electron chi connectivity index (χ4n) is 5.01. The van der Waals surface area contributed by atoms with Crippen LogP contribution in [0.2, 0.25) is 5.02 Å². The van der Waals surface area contributed by atoms with Gasteiger partial charge in [0.05, 0.1) is 33.3 Å². The number of rotatable bonds is 3. The molecule has 2 aromatic carbocycles. The highest BCUT2D eigenvalue weighted by Crippen LogP contribution is 2.43. The highest BCUT2D eigenvalue weighted by Gasteiger charge is 2.63. The molecule has 3 atom stereocenters. The molecule has 5 rings (SSSR count). The molecule has 0 aliphatic carbocycles. The van der Waals surface area contributed by atoms with Crippen LogP contribution in [0.1, 0.15) is 17.5 Å². The fraction of sp³-hybridized carbons (Fsp3) is 0.273. The summed E-state index contributed by atoms with van der Waals surface area (Å²) in [6, 6.07) is 7.85. The molecule has 11 nitrogen and oxygen atoms in total. The largest absolute Gasteiger partial charge is 0.332 e. The summed E-state index contributed by atoms with van der Waals surface area (Å²) in [6.07, 6.45) is 0.464. The number of piperazine rings is 1. The molecule has 1 N–H and O–H groups in total. The molecule has 0 spiro atoms. The van der Waals surface area contributed by atoms with Gasteiger partial charge in [-0.25, -0.2) is 14.5 Å². The number of hydrogen-bond donors (Lipinski definition) is 1. The van der Waals surface area contributed by atoms with Crippen molar-refractivity contribution in [2.75, 3.05) is 16.8 Å². The molecule has 12 heteroatoms. The number of amides is 5. The lowest BCUT2D eigenvalue weighted by atomic mass is 10.1. The summed E-state index contributed by atoms with van der Waals surface area (Å²) in [7, 11) is 0. The van der Waals surface area contributed by atoms with Gasteiger partial charge >= 0.3 is 12.1 Å². The molecule has 5 amide bonds. The minimum Gasteiger partial charge on any atom is -0.317 e. The van der Waals surface area contributed by atoms with Crippen LogP contribution in [0.3, 0.4) is 0 Å². The standard InChI is InChI=1S/C22H17ClN6O5/c1-11-16(6-5-12(9-24)18(11)23)28-20(30)19-17-8-15(27(19)22(28)32)10-26(17)21(31)25-13-3-2-4-14(7-13)29(33)34/h2-7,15,17,19H,8,10H2,1H3,(H,25,31). The van der Waals surface area contributed by atoms with Crippen LogP contribution in [0.5, 0.6) is 0 Å². The second kappa shape index (κ2) is 7.71. The van der Waals surface area contributed by atoms with Gasteiger partial charge in [0.1, 0.15) is 12.1 Å². The van der Waals surface area contributed by atoms with Crippen LogP contribution in [0.4, 0.5) is 26.7 Å². The maximum absolute atomic E-state index is 13.4. The van der Waals surface area contributed by atoms with Gasteiger partial charge in [-0.05, 0) is 37.1 Å². The Kier molecular flexibility index (Phi) is 4.91. The van der Waals surface area contributed by atoms with E-state index in [1.54, 1.807) is 6.92 Å². The van der Waals surface area contributed by atoms with Crippen LogP contribution >= 0.6 is 11.6 Å². The third kappa shape index (κ3) is 3.07. The van der Waals surface area contributed by atoms with Gasteiger partial charge < -0.3 is 15.1 Å². The number of urea groups is 2. The van der Waals surface area contributed by atoms with E-state index in [4.69, 9.17) is 11.6 Å². The third-order valence-corrected chi connectivity index (χ3v) is 7.04. The highest BCUT2D eigenvalue weighted by molar-refractivity contribution is 6.33. The smallest absolute Gasteiger partial charge is 0.317 e. The number of hydrogen-bond acceptors (Lipinski definition) is 6. The van der Waals surface area contributed by atoms with Gasteiger partial charge in [-0.2, -0.15) is 5.26 Å². The predicted octanol–water partition coefficient (Wildman–Crippen LogP) is 3.25. The number of imide groups is 1. The highest BCUT2D eigenvalue weighted by atomic mass is 35.5. The Hall–Kier alpha value is -4.17. The summed E-state index contributed by atoms with van der Waals surface area (Å²) < 4.78 is 0. The lowest BCUT2D eigenvalue weighted by Gasteiger charge is -2.34. The molecule has 34 heavy (non-hydrogen) atoms. The Labute approximate surface area is 198 Å². The SMILES string of the molecule is Cc1c(N2C(=O)C3C4CC(CN4C(=O)Nc4cccc([N+](=O)[O-])c4)N3C2=O)ccc(C#N)c1Cl. The van der Waals surface area contributed by atoms with Crippen molar-refractivity contribution < 1.29 is 19.3 Å². The summed E-state index contributed by atoms with van der Waals surface area (Å²) >= 11 is 6.25. The Bertz CT molecular complexity index is 1320. The minimum atomic E-state index is -0.837. The summed E-state index contributed by atoms with van der Waals surface area (Å²) in [5, 5.41) is 23.0. The van der Waals surface area contributed by atoms with Crippen LogP contribution < -0.4 is 10.2 Å². The summed E-state index contributed by atoms with van der Waals surface area (Å²) in [5.41, 5.74) is 1.09. The normalized spacial score (nSPS) is 22.7. The summed E-state index contributed by atoms with van der Waals surface area (Å²) in [5.74, 6) is -0.464. The van der Waals surface area contributed by atoms with Gasteiger partial charge in [-0.15, -0.1) is 0 Å². The minimum absolute atomic E-state index is 0.157. The number of halogens is 1. The Morgan fingerprint density at radius 2 is 2.06 bits per heavy atom. The van der Waals surface area contributed by atoms with E-state index in [0.29, 0.717) is 17.7 Å². The first-order valence-electron chi connectivity index (χ1n) is 10.4. The van der Waals surface area contributed by atoms with Crippen molar-refractivity contribution in [3.63, 3.8) is 0 Å². The van der Waals surface area contributed by atoms with Crippen LogP contribution in [0, 0.1) is 28.4 Å². The first kappa shape index (κ1) is 21.7. The molecule has 0 aromatic heterocycles. The number of nitrogens with zero attached hydrogens (tertiary/aromatic N) is 5. The molecule has 0 radical (unpaired) electrons. The maximum atomic E-state index is 13.4. The van der Waals surface area contributed by atoms with Crippen LogP contribution in [0.15, 0.2) is 36.4 Å². The average molecular weight is 481 g/mol. The van der Waals surface area contributed by atoms with E-state index in [1.165, 1.54) is 46.2 Å². The molecule has 3 fully saturated rings. The monoisotopic (exact) mass is 480 g/mol. The van der Waals surface area contributed by atoms with E-state index in [2.05, 4.69) is 5.32 Å². The van der Waals surface area contributed by atoms with E-state index in [9.17, 15) is 29.8 Å². The van der Waals surface area contributed by atoms with Crippen molar-refractivity contribution >= 4 is 46.6 Å². The lowest BCUT2D eigenvalue weighted by molar-refractivity contribution is -0.384. The van der Waals surface area contributed by atoms with Crippen LogP contribution in [-0.2, 0) is 4.79 Å². The number of benzene rings is 2. The molecule has 2 aromatic rings. The van der Waals surface area contributed by atoms with E-state index in [0.717, 1.165) is 4.90 Å². The first-order valence-corrected chi connectivity index (χ1v) is 10.8. The number of non-ortho nitro benzene ring substituents is 1. The first-order chi connectivity index (χ1) is 16.2. The molecule has 3 heterocycles. The van der Waals surface area contributed by atoms with Gasteiger partial charge in [0.15, 0.2) is 0 Å². The Balaban J connectivity index is 1.39. The second-order valence-corrected chi connectivity index (χ2v) is 8.72. The van der Waals surface area contributed by atoms with E-state index in [-0.39, 0.29) is 34.5 Å². The molecule has 3 unspecified atom stereocenters. The predicted molar refractivity (Wildman–Crippen MR) is 120 cm³/mol. The molecule has 2 bridgehead atoms. The molecule has 3 aliphatic rings. The number of nitro groups is 1. The molecule has 3 saturated heterocycles. The quantitative estimate of drug-likeness (QED) is 0.406. The number of fused-ring (bicyclic) bond motifs is 5. The molecule has 172 valence electrons. The van der Waals surface area contributed by atoms with Crippen molar-refractivity contribution in [3.8, 4) is 6.07 Å². The zero-order valence-corrected chi connectivity index (χ0v) is 18.5. The van der Waals surface area contributed by atoms with Crippen molar-refractivity contribution in [2.24, 2.45) is 0 Å². The number of carbonyl (C=O) groups is 3. The number of nitro benzene ring substituents is 1. The van der Waals surface area contributed by atoms with Gasteiger partial charge in [-0.3, -0.25) is 14.9 Å². The van der Waals surface area contributed by atoms with E-state index in [1.807, 2.05) is 6.07 Å². The van der Waals surface area contributed by atoms with Crippen molar-refractivity contribution in [1.29, 1.82) is 5.26 Å². The van der Waals surface area contributed by atoms with E-state index < -0.39 is 35.0 Å². The molecule has 3 aliphatic heterocycles. The zero-order valence-electron chi connectivity index (χ0n) is 17.8. The Morgan fingerprint density at radius 1 is 1.29 bits per heavy atom. The second-order valence-electron chi connectivity index (χ2n) is 8.34. The number of anilines is 2. The van der Waals surface area contributed by atoms with Crippen LogP contribution in [0.25, 0.3) is 0 Å². The lowest BCUT2D eigenvalue weighted by Crippen LogP contribution is -2.55. The summed E-state index contributed by atoms with van der Waals surface area (Å²) in [6.45, 7) is 1.87. The molecular weight excluding hydrogens is 464 g/mol. The number of nitriles is 1. The number of nitrogens with one attached hydrogen (secondary N) is 1. The average Bonchev–Trinajstić information content (AvgIpc) is 3.48.